The second-order valence-corrected chi connectivity index (χ2v) is 6.18. The van der Waals surface area contributed by atoms with E-state index < -0.39 is 17.7 Å². The Kier molecular flexibility index (Phi) is 8.43. The molecule has 0 aromatic heterocycles. The van der Waals surface area contributed by atoms with Gasteiger partial charge in [-0.15, -0.1) is 0 Å². The van der Waals surface area contributed by atoms with Crippen LogP contribution in [0, 0.1) is 0 Å². The van der Waals surface area contributed by atoms with Crippen LogP contribution in [-0.2, 0) is 9.59 Å². The quantitative estimate of drug-likeness (QED) is 0.519. The topological polar surface area (TPSA) is 120 Å². The zero-order valence-corrected chi connectivity index (χ0v) is 16.9. The lowest BCUT2D eigenvalue weighted by molar-refractivity contribution is -0.118. The highest BCUT2D eigenvalue weighted by Crippen LogP contribution is 2.28. The van der Waals surface area contributed by atoms with Gasteiger partial charge < -0.3 is 25.8 Å². The van der Waals surface area contributed by atoms with E-state index in [9.17, 15) is 14.4 Å². The van der Waals surface area contributed by atoms with Crippen LogP contribution >= 0.6 is 0 Å². The number of benzene rings is 2. The van der Waals surface area contributed by atoms with Crippen molar-refractivity contribution in [1.82, 2.24) is 5.32 Å². The fraction of sp³-hybridized carbons (Fsp3) is 0.227. The Morgan fingerprint density at radius 3 is 2.57 bits per heavy atom. The first-order chi connectivity index (χ1) is 14.4. The maximum absolute atomic E-state index is 12.3. The Balaban J connectivity index is 2.06. The van der Waals surface area contributed by atoms with Gasteiger partial charge in [0, 0.05) is 19.0 Å². The summed E-state index contributed by atoms with van der Waals surface area (Å²) in [5.74, 6) is -0.129. The molecule has 4 N–H and O–H groups in total. The molecule has 8 nitrogen and oxygen atoms in total. The molecule has 0 atom stereocenters. The molecule has 0 bridgehead atoms. The van der Waals surface area contributed by atoms with Gasteiger partial charge >= 0.3 is 0 Å². The molecule has 2 aromatic carbocycles. The average Bonchev–Trinajstić information content (AvgIpc) is 2.73. The number of anilines is 1. The molecule has 0 heterocycles. The molecule has 30 heavy (non-hydrogen) atoms. The zero-order valence-electron chi connectivity index (χ0n) is 16.9. The molecular formula is C22H25N3O5. The van der Waals surface area contributed by atoms with Crippen LogP contribution < -0.4 is 25.8 Å². The van der Waals surface area contributed by atoms with Crippen molar-refractivity contribution < 1.29 is 23.9 Å². The number of hydrogen-bond donors (Lipinski definition) is 3. The SMILES string of the molecule is CCOc1ccc(/C=C/C(=O)Nc2ccccc2C(=O)NCCC(N)=O)cc1OC. The second kappa shape index (κ2) is 11.3. The van der Waals surface area contributed by atoms with Crippen LogP contribution in [0.2, 0.25) is 0 Å². The number of amides is 3. The lowest BCUT2D eigenvalue weighted by Crippen LogP contribution is -2.28. The van der Waals surface area contributed by atoms with Crippen molar-refractivity contribution in [3.8, 4) is 11.5 Å². The molecule has 2 aromatic rings. The normalized spacial score (nSPS) is 10.5. The molecule has 0 unspecified atom stereocenters. The molecule has 2 rings (SSSR count). The van der Waals surface area contributed by atoms with Crippen LogP contribution in [0.1, 0.15) is 29.3 Å². The Labute approximate surface area is 175 Å². The highest BCUT2D eigenvalue weighted by Gasteiger charge is 2.12. The number of rotatable bonds is 10. The number of ether oxygens (including phenoxy) is 2. The largest absolute Gasteiger partial charge is 0.493 e. The molecule has 0 fully saturated rings. The molecule has 8 heteroatoms. The smallest absolute Gasteiger partial charge is 0.253 e. The van der Waals surface area contributed by atoms with E-state index in [1.807, 2.05) is 6.92 Å². The van der Waals surface area contributed by atoms with Crippen molar-refractivity contribution in [2.24, 2.45) is 5.73 Å². The summed E-state index contributed by atoms with van der Waals surface area (Å²) in [4.78, 5) is 35.4. The van der Waals surface area contributed by atoms with E-state index in [0.717, 1.165) is 5.56 Å². The van der Waals surface area contributed by atoms with E-state index in [1.165, 1.54) is 6.08 Å². The Morgan fingerprint density at radius 2 is 1.87 bits per heavy atom. The van der Waals surface area contributed by atoms with Crippen molar-refractivity contribution in [2.75, 3.05) is 25.6 Å². The van der Waals surface area contributed by atoms with Gasteiger partial charge in [-0.1, -0.05) is 18.2 Å². The van der Waals surface area contributed by atoms with Crippen LogP contribution in [0.4, 0.5) is 5.69 Å². The maximum Gasteiger partial charge on any atom is 0.253 e. The van der Waals surface area contributed by atoms with Gasteiger partial charge in [0.05, 0.1) is 25.0 Å². The van der Waals surface area contributed by atoms with Crippen LogP contribution in [0.5, 0.6) is 11.5 Å². The van der Waals surface area contributed by atoms with Gasteiger partial charge in [0.2, 0.25) is 11.8 Å². The van der Waals surface area contributed by atoms with Crippen LogP contribution in [0.25, 0.3) is 6.08 Å². The first-order valence-corrected chi connectivity index (χ1v) is 9.40. The fourth-order valence-electron chi connectivity index (χ4n) is 2.59. The highest BCUT2D eigenvalue weighted by molar-refractivity contribution is 6.07. The van der Waals surface area contributed by atoms with E-state index >= 15 is 0 Å². The second-order valence-electron chi connectivity index (χ2n) is 6.18. The first kappa shape index (κ1) is 22.5. The minimum absolute atomic E-state index is 0.0363. The maximum atomic E-state index is 12.3. The predicted molar refractivity (Wildman–Crippen MR) is 114 cm³/mol. The molecule has 158 valence electrons. The fourth-order valence-corrected chi connectivity index (χ4v) is 2.59. The summed E-state index contributed by atoms with van der Waals surface area (Å²) in [7, 11) is 1.55. The van der Waals surface area contributed by atoms with E-state index in [2.05, 4.69) is 10.6 Å². The van der Waals surface area contributed by atoms with Gasteiger partial charge in [-0.25, -0.2) is 0 Å². The standard InChI is InChI=1S/C22H25N3O5/c1-3-30-18-10-8-15(14-19(18)29-2)9-11-21(27)25-17-7-5-4-6-16(17)22(28)24-13-12-20(23)26/h4-11,14H,3,12-13H2,1-2H3,(H2,23,26)(H,24,28)(H,25,27)/b11-9+. The molecular weight excluding hydrogens is 386 g/mol. The van der Waals surface area contributed by atoms with Crippen molar-refractivity contribution in [3.63, 3.8) is 0 Å². The number of para-hydroxylation sites is 1. The molecule has 0 spiro atoms. The van der Waals surface area contributed by atoms with E-state index in [-0.39, 0.29) is 18.5 Å². The summed E-state index contributed by atoms with van der Waals surface area (Å²) in [6.45, 7) is 2.52. The lowest BCUT2D eigenvalue weighted by Gasteiger charge is -2.10. The van der Waals surface area contributed by atoms with Gasteiger partial charge in [-0.2, -0.15) is 0 Å². The first-order valence-electron chi connectivity index (χ1n) is 9.40. The highest BCUT2D eigenvalue weighted by atomic mass is 16.5. The summed E-state index contributed by atoms with van der Waals surface area (Å²) in [5.41, 5.74) is 6.46. The zero-order chi connectivity index (χ0) is 21.9. The summed E-state index contributed by atoms with van der Waals surface area (Å²) in [6, 6.07) is 11.9. The minimum Gasteiger partial charge on any atom is -0.493 e. The van der Waals surface area contributed by atoms with Gasteiger partial charge in [0.15, 0.2) is 11.5 Å². The molecule has 0 aliphatic rings. The Hall–Kier alpha value is -3.81. The van der Waals surface area contributed by atoms with Crippen molar-refractivity contribution in [1.29, 1.82) is 0 Å². The molecule has 0 aliphatic heterocycles. The lowest BCUT2D eigenvalue weighted by atomic mass is 10.1. The van der Waals surface area contributed by atoms with Crippen LogP contribution in [-0.4, -0.2) is 38.0 Å². The molecule has 0 saturated heterocycles. The summed E-state index contributed by atoms with van der Waals surface area (Å²) in [6.07, 6.45) is 3.02. The average molecular weight is 411 g/mol. The van der Waals surface area contributed by atoms with Gasteiger partial charge in [-0.3, -0.25) is 14.4 Å². The monoisotopic (exact) mass is 411 g/mol. The van der Waals surface area contributed by atoms with E-state index in [0.29, 0.717) is 23.8 Å². The van der Waals surface area contributed by atoms with E-state index in [4.69, 9.17) is 15.2 Å². The van der Waals surface area contributed by atoms with Crippen molar-refractivity contribution >= 4 is 29.5 Å². The van der Waals surface area contributed by atoms with E-state index in [1.54, 1.807) is 55.7 Å². The van der Waals surface area contributed by atoms with Gasteiger partial charge in [0.25, 0.3) is 5.91 Å². The third-order valence-corrected chi connectivity index (χ3v) is 4.00. The number of nitrogens with one attached hydrogen (secondary N) is 2. The summed E-state index contributed by atoms with van der Waals surface area (Å²) in [5, 5.41) is 5.28. The third kappa shape index (κ3) is 6.66. The number of hydrogen-bond acceptors (Lipinski definition) is 5. The van der Waals surface area contributed by atoms with Crippen LogP contribution in [0.3, 0.4) is 0 Å². The van der Waals surface area contributed by atoms with Crippen molar-refractivity contribution in [2.45, 2.75) is 13.3 Å². The minimum atomic E-state index is -0.507. The third-order valence-electron chi connectivity index (χ3n) is 4.00. The van der Waals surface area contributed by atoms with Crippen molar-refractivity contribution in [3.05, 3.63) is 59.7 Å². The molecule has 0 radical (unpaired) electrons. The van der Waals surface area contributed by atoms with Gasteiger partial charge in [0.1, 0.15) is 0 Å². The molecule has 0 aliphatic carbocycles. The summed E-state index contributed by atoms with van der Waals surface area (Å²) < 4.78 is 10.8. The molecule has 0 saturated carbocycles. The van der Waals surface area contributed by atoms with Gasteiger partial charge in [-0.05, 0) is 42.8 Å². The number of methoxy groups -OCH3 is 1. The van der Waals surface area contributed by atoms with Crippen LogP contribution in [0.15, 0.2) is 48.5 Å². The Bertz CT molecular complexity index is 940. The number of nitrogens with two attached hydrogens (primary N) is 1. The number of carbonyl (C=O) groups is 3. The number of primary amides is 1. The number of carbonyl (C=O) groups excluding carboxylic acids is 3. The Morgan fingerprint density at radius 1 is 1.10 bits per heavy atom. The predicted octanol–water partition coefficient (Wildman–Crippen LogP) is 2.35. The summed E-state index contributed by atoms with van der Waals surface area (Å²) >= 11 is 0. The molecule has 3 amide bonds.